The average molecular weight is 298 g/mol. The summed E-state index contributed by atoms with van der Waals surface area (Å²) in [4.78, 5) is 11.0. The Morgan fingerprint density at radius 3 is 1.86 bits per heavy atom. The van der Waals surface area contributed by atoms with Gasteiger partial charge in [0.1, 0.15) is 17.2 Å². The molecule has 2 aromatic carbocycles. The molecule has 4 heteroatoms. The van der Waals surface area contributed by atoms with Crippen molar-refractivity contribution >= 4 is 12.0 Å². The number of esters is 1. The predicted molar refractivity (Wildman–Crippen MR) is 86.8 cm³/mol. The van der Waals surface area contributed by atoms with Crippen molar-refractivity contribution in [2.75, 3.05) is 0 Å². The van der Waals surface area contributed by atoms with Crippen molar-refractivity contribution in [2.45, 2.75) is 6.92 Å². The van der Waals surface area contributed by atoms with Gasteiger partial charge in [0, 0.05) is 5.57 Å². The van der Waals surface area contributed by atoms with Gasteiger partial charge in [0.15, 0.2) is 0 Å². The van der Waals surface area contributed by atoms with Gasteiger partial charge in [0.25, 0.3) is 0 Å². The number of phenols is 2. The molecule has 0 spiro atoms. The number of carbonyl (C=O) groups excluding carboxylic acids is 1. The fourth-order valence-electron chi connectivity index (χ4n) is 1.32. The van der Waals surface area contributed by atoms with Crippen LogP contribution in [0.3, 0.4) is 0 Å². The summed E-state index contributed by atoms with van der Waals surface area (Å²) in [5.41, 5.74) is 1.36. The molecule has 2 aromatic rings. The van der Waals surface area contributed by atoms with E-state index in [2.05, 4.69) is 13.2 Å². The van der Waals surface area contributed by atoms with Gasteiger partial charge in [0.05, 0.1) is 0 Å². The Labute approximate surface area is 129 Å². The molecule has 0 heterocycles. The first-order chi connectivity index (χ1) is 10.4. The maximum atomic E-state index is 11.0. The molecule has 0 amide bonds. The van der Waals surface area contributed by atoms with Gasteiger partial charge >= 0.3 is 5.97 Å². The molecule has 0 aliphatic rings. The van der Waals surface area contributed by atoms with Crippen LogP contribution in [0.2, 0.25) is 0 Å². The van der Waals surface area contributed by atoms with E-state index in [0.717, 1.165) is 5.56 Å². The predicted octanol–water partition coefficient (Wildman–Crippen LogP) is 3.91. The highest BCUT2D eigenvalue weighted by Gasteiger charge is 2.04. The third kappa shape index (κ3) is 5.96. The Morgan fingerprint density at radius 1 is 1.00 bits per heavy atom. The maximum Gasteiger partial charge on any atom is 0.338 e. The Bertz CT molecular complexity index is 640. The van der Waals surface area contributed by atoms with Crippen molar-refractivity contribution in [3.05, 3.63) is 72.8 Å². The van der Waals surface area contributed by atoms with Crippen LogP contribution in [0.4, 0.5) is 0 Å². The third-order valence-electron chi connectivity index (χ3n) is 2.52. The molecule has 0 saturated carbocycles. The first kappa shape index (κ1) is 17.0. The van der Waals surface area contributed by atoms with E-state index < -0.39 is 5.97 Å². The molecular weight excluding hydrogens is 280 g/mol. The van der Waals surface area contributed by atoms with Crippen LogP contribution in [0, 0.1) is 0 Å². The summed E-state index contributed by atoms with van der Waals surface area (Å²) in [6.45, 7) is 8.60. The molecule has 0 bridgehead atoms. The average Bonchev–Trinajstić information content (AvgIpc) is 2.51. The van der Waals surface area contributed by atoms with Crippen molar-refractivity contribution in [3.63, 3.8) is 0 Å². The minimum atomic E-state index is -0.467. The molecule has 0 aliphatic carbocycles. The first-order valence-corrected chi connectivity index (χ1v) is 6.50. The summed E-state index contributed by atoms with van der Waals surface area (Å²) in [6, 6.07) is 12.8. The number of benzene rings is 2. The van der Waals surface area contributed by atoms with Crippen LogP contribution < -0.4 is 4.74 Å². The van der Waals surface area contributed by atoms with Crippen molar-refractivity contribution in [2.24, 2.45) is 0 Å². The number of aromatic hydroxyl groups is 2. The lowest BCUT2D eigenvalue weighted by Crippen LogP contribution is -2.07. The van der Waals surface area contributed by atoms with E-state index in [1.807, 2.05) is 12.1 Å². The summed E-state index contributed by atoms with van der Waals surface area (Å²) in [6.07, 6.45) is 1.74. The van der Waals surface area contributed by atoms with Crippen LogP contribution in [-0.4, -0.2) is 16.2 Å². The summed E-state index contributed by atoms with van der Waals surface area (Å²) < 4.78 is 4.88. The van der Waals surface area contributed by atoms with E-state index in [-0.39, 0.29) is 5.75 Å². The smallest absolute Gasteiger partial charge is 0.338 e. The zero-order chi connectivity index (χ0) is 16.5. The van der Waals surface area contributed by atoms with Gasteiger partial charge in [-0.3, -0.25) is 0 Å². The zero-order valence-electron chi connectivity index (χ0n) is 12.3. The Hall–Kier alpha value is -3.01. The van der Waals surface area contributed by atoms with Gasteiger partial charge in [-0.05, 0) is 48.9 Å². The summed E-state index contributed by atoms with van der Waals surface area (Å²) >= 11 is 0. The lowest BCUT2D eigenvalue weighted by Gasteiger charge is -2.02. The van der Waals surface area contributed by atoms with Crippen molar-refractivity contribution < 1.29 is 19.7 Å². The van der Waals surface area contributed by atoms with Crippen LogP contribution in [0.25, 0.3) is 6.08 Å². The van der Waals surface area contributed by atoms with Crippen LogP contribution in [0.15, 0.2) is 67.3 Å². The molecular formula is C18H18O4. The fourth-order valence-corrected chi connectivity index (χ4v) is 1.32. The van der Waals surface area contributed by atoms with Gasteiger partial charge in [-0.2, -0.15) is 0 Å². The summed E-state index contributed by atoms with van der Waals surface area (Å²) in [5.74, 6) is 0.354. The number of rotatable bonds is 3. The van der Waals surface area contributed by atoms with Gasteiger partial charge in [-0.15, -0.1) is 0 Å². The van der Waals surface area contributed by atoms with Gasteiger partial charge < -0.3 is 14.9 Å². The number of phenolic OH excluding ortho intramolecular Hbond substituents is 2. The standard InChI is InChI=1S/C10H10O3.C8H8O/c1-7(2)10(12)13-9-5-3-8(11)4-6-9;1-2-7-3-5-8(9)6-4-7/h3-6,11H,1H2,2H3;2-6,9H,1H2. The molecule has 2 rings (SSSR count). The van der Waals surface area contributed by atoms with E-state index in [0.29, 0.717) is 17.1 Å². The van der Waals surface area contributed by atoms with Crippen molar-refractivity contribution in [3.8, 4) is 17.2 Å². The summed E-state index contributed by atoms with van der Waals surface area (Å²) in [7, 11) is 0. The van der Waals surface area contributed by atoms with E-state index >= 15 is 0 Å². The molecule has 0 atom stereocenters. The van der Waals surface area contributed by atoms with Gasteiger partial charge in [-0.1, -0.05) is 31.4 Å². The molecule has 4 nitrogen and oxygen atoms in total. The van der Waals surface area contributed by atoms with Crippen LogP contribution in [0.1, 0.15) is 12.5 Å². The number of ether oxygens (including phenoxy) is 1. The minimum Gasteiger partial charge on any atom is -0.508 e. The number of carbonyl (C=O) groups is 1. The fraction of sp³-hybridized carbons (Fsp3) is 0.0556. The lowest BCUT2D eigenvalue weighted by molar-refractivity contribution is -0.130. The van der Waals surface area contributed by atoms with Crippen molar-refractivity contribution in [1.29, 1.82) is 0 Å². The number of hydrogen-bond acceptors (Lipinski definition) is 4. The lowest BCUT2D eigenvalue weighted by atomic mass is 10.2. The minimum absolute atomic E-state index is 0.134. The van der Waals surface area contributed by atoms with Gasteiger partial charge in [-0.25, -0.2) is 4.79 Å². The molecule has 0 aliphatic heterocycles. The zero-order valence-corrected chi connectivity index (χ0v) is 12.3. The second-order valence-corrected chi connectivity index (χ2v) is 4.46. The highest BCUT2D eigenvalue weighted by molar-refractivity contribution is 5.88. The largest absolute Gasteiger partial charge is 0.508 e. The maximum absolute atomic E-state index is 11.0. The topological polar surface area (TPSA) is 66.8 Å². The molecule has 0 saturated heterocycles. The highest BCUT2D eigenvalue weighted by atomic mass is 16.5. The molecule has 114 valence electrons. The Morgan fingerprint density at radius 2 is 1.45 bits per heavy atom. The second kappa shape index (κ2) is 8.32. The molecule has 0 aromatic heterocycles. The second-order valence-electron chi connectivity index (χ2n) is 4.46. The monoisotopic (exact) mass is 298 g/mol. The van der Waals surface area contributed by atoms with Crippen LogP contribution in [-0.2, 0) is 4.79 Å². The van der Waals surface area contributed by atoms with Crippen LogP contribution >= 0.6 is 0 Å². The number of hydrogen-bond donors (Lipinski definition) is 2. The SMILES string of the molecule is C=C(C)C(=O)Oc1ccc(O)cc1.C=Cc1ccc(O)cc1. The molecule has 0 fully saturated rings. The molecule has 0 radical (unpaired) electrons. The summed E-state index contributed by atoms with van der Waals surface area (Å²) in [5, 5.41) is 17.8. The quantitative estimate of drug-likeness (QED) is 0.512. The molecule has 2 N–H and O–H groups in total. The van der Waals surface area contributed by atoms with Gasteiger partial charge in [0.2, 0.25) is 0 Å². The highest BCUT2D eigenvalue weighted by Crippen LogP contribution is 2.16. The van der Waals surface area contributed by atoms with E-state index in [9.17, 15) is 4.79 Å². The van der Waals surface area contributed by atoms with E-state index in [1.165, 1.54) is 24.3 Å². The van der Waals surface area contributed by atoms with E-state index in [4.69, 9.17) is 14.9 Å². The molecule has 22 heavy (non-hydrogen) atoms. The normalized spacial score (nSPS) is 9.14. The molecule has 0 unspecified atom stereocenters. The first-order valence-electron chi connectivity index (χ1n) is 6.50. The Balaban J connectivity index is 0.000000235. The van der Waals surface area contributed by atoms with E-state index in [1.54, 1.807) is 25.1 Å². The van der Waals surface area contributed by atoms with Crippen molar-refractivity contribution in [1.82, 2.24) is 0 Å². The third-order valence-corrected chi connectivity index (χ3v) is 2.52. The van der Waals surface area contributed by atoms with Crippen LogP contribution in [0.5, 0.6) is 17.2 Å². The Kier molecular flexibility index (Phi) is 6.44.